The number of rotatable bonds is 4. The van der Waals surface area contributed by atoms with Gasteiger partial charge in [-0.15, -0.1) is 0 Å². The standard InChI is InChI=1S/C14H18FN3O2/c15-9-5-6-11(12(16)7-9)14(20)18(8-13(17)19)10-3-1-2-4-10/h5-7,10H,1-4,8,16H2,(H2,17,19). The molecule has 0 spiro atoms. The van der Waals surface area contributed by atoms with Crippen molar-refractivity contribution in [1.29, 1.82) is 0 Å². The maximum Gasteiger partial charge on any atom is 0.256 e. The van der Waals surface area contributed by atoms with E-state index in [1.54, 1.807) is 0 Å². The van der Waals surface area contributed by atoms with E-state index in [2.05, 4.69) is 0 Å². The van der Waals surface area contributed by atoms with Crippen molar-refractivity contribution in [3.63, 3.8) is 0 Å². The van der Waals surface area contributed by atoms with E-state index in [0.717, 1.165) is 31.7 Å². The molecular formula is C14H18FN3O2. The molecule has 0 aromatic heterocycles. The van der Waals surface area contributed by atoms with Gasteiger partial charge in [0.05, 0.1) is 12.1 Å². The van der Waals surface area contributed by atoms with E-state index in [1.165, 1.54) is 17.0 Å². The Labute approximate surface area is 116 Å². The molecule has 1 aliphatic rings. The number of hydrogen-bond donors (Lipinski definition) is 2. The molecule has 20 heavy (non-hydrogen) atoms. The molecule has 1 saturated carbocycles. The van der Waals surface area contributed by atoms with E-state index in [-0.39, 0.29) is 29.7 Å². The average Bonchev–Trinajstić information content (AvgIpc) is 2.88. The quantitative estimate of drug-likeness (QED) is 0.813. The summed E-state index contributed by atoms with van der Waals surface area (Å²) in [4.78, 5) is 25.2. The molecule has 4 N–H and O–H groups in total. The molecule has 2 amide bonds. The lowest BCUT2D eigenvalue weighted by atomic mass is 10.1. The molecule has 0 saturated heterocycles. The first-order valence-electron chi connectivity index (χ1n) is 6.63. The summed E-state index contributed by atoms with van der Waals surface area (Å²) < 4.78 is 13.0. The van der Waals surface area contributed by atoms with Gasteiger partial charge in [-0.05, 0) is 31.0 Å². The summed E-state index contributed by atoms with van der Waals surface area (Å²) in [6.07, 6.45) is 3.73. The Morgan fingerprint density at radius 2 is 1.95 bits per heavy atom. The number of primary amides is 1. The highest BCUT2D eigenvalue weighted by atomic mass is 19.1. The van der Waals surface area contributed by atoms with Crippen LogP contribution in [0.15, 0.2) is 18.2 Å². The molecule has 5 nitrogen and oxygen atoms in total. The monoisotopic (exact) mass is 279 g/mol. The zero-order chi connectivity index (χ0) is 14.7. The lowest BCUT2D eigenvalue weighted by Gasteiger charge is -2.28. The van der Waals surface area contributed by atoms with Gasteiger partial charge in [0.25, 0.3) is 5.91 Å². The highest BCUT2D eigenvalue weighted by molar-refractivity contribution is 6.00. The van der Waals surface area contributed by atoms with Crippen molar-refractivity contribution in [2.45, 2.75) is 31.7 Å². The van der Waals surface area contributed by atoms with Gasteiger partial charge in [-0.1, -0.05) is 12.8 Å². The van der Waals surface area contributed by atoms with Crippen molar-refractivity contribution in [1.82, 2.24) is 4.90 Å². The first-order valence-corrected chi connectivity index (χ1v) is 6.63. The highest BCUT2D eigenvalue weighted by Gasteiger charge is 2.29. The highest BCUT2D eigenvalue weighted by Crippen LogP contribution is 2.26. The fourth-order valence-corrected chi connectivity index (χ4v) is 2.63. The lowest BCUT2D eigenvalue weighted by Crippen LogP contribution is -2.44. The number of benzene rings is 1. The van der Waals surface area contributed by atoms with E-state index in [9.17, 15) is 14.0 Å². The van der Waals surface area contributed by atoms with Gasteiger partial charge in [-0.25, -0.2) is 4.39 Å². The molecule has 1 aromatic carbocycles. The normalized spacial score (nSPS) is 15.2. The Morgan fingerprint density at radius 1 is 1.30 bits per heavy atom. The van der Waals surface area contributed by atoms with Crippen LogP contribution in [0.4, 0.5) is 10.1 Å². The number of amides is 2. The van der Waals surface area contributed by atoms with Crippen molar-refractivity contribution < 1.29 is 14.0 Å². The number of nitrogen functional groups attached to an aromatic ring is 1. The van der Waals surface area contributed by atoms with Crippen molar-refractivity contribution in [2.75, 3.05) is 12.3 Å². The molecule has 0 aliphatic heterocycles. The summed E-state index contributed by atoms with van der Waals surface area (Å²) in [5.41, 5.74) is 11.2. The van der Waals surface area contributed by atoms with E-state index in [1.807, 2.05) is 0 Å². The van der Waals surface area contributed by atoms with Crippen LogP contribution >= 0.6 is 0 Å². The fourth-order valence-electron chi connectivity index (χ4n) is 2.63. The molecule has 1 aliphatic carbocycles. The minimum atomic E-state index is -0.564. The minimum Gasteiger partial charge on any atom is -0.398 e. The van der Waals surface area contributed by atoms with Crippen LogP contribution in [0.3, 0.4) is 0 Å². The van der Waals surface area contributed by atoms with Crippen LogP contribution in [-0.4, -0.2) is 29.3 Å². The molecule has 0 radical (unpaired) electrons. The van der Waals surface area contributed by atoms with Crippen LogP contribution in [0, 0.1) is 5.82 Å². The van der Waals surface area contributed by atoms with Crippen LogP contribution in [0.2, 0.25) is 0 Å². The molecule has 1 fully saturated rings. The van der Waals surface area contributed by atoms with Gasteiger partial charge < -0.3 is 16.4 Å². The van der Waals surface area contributed by atoms with E-state index in [0.29, 0.717) is 0 Å². The Bertz CT molecular complexity index is 527. The number of carbonyl (C=O) groups excluding carboxylic acids is 2. The van der Waals surface area contributed by atoms with Crippen LogP contribution in [0.25, 0.3) is 0 Å². The van der Waals surface area contributed by atoms with Gasteiger partial charge >= 0.3 is 0 Å². The van der Waals surface area contributed by atoms with Gasteiger partial charge in [0, 0.05) is 11.7 Å². The molecule has 1 aromatic rings. The molecule has 0 bridgehead atoms. The molecule has 0 heterocycles. The van der Waals surface area contributed by atoms with Crippen molar-refractivity contribution in [3.8, 4) is 0 Å². The van der Waals surface area contributed by atoms with Crippen LogP contribution in [0.1, 0.15) is 36.0 Å². The molecule has 108 valence electrons. The van der Waals surface area contributed by atoms with E-state index < -0.39 is 11.7 Å². The predicted molar refractivity (Wildman–Crippen MR) is 73.3 cm³/mol. The van der Waals surface area contributed by atoms with Gasteiger partial charge in [-0.3, -0.25) is 9.59 Å². The van der Waals surface area contributed by atoms with Gasteiger partial charge in [0.2, 0.25) is 5.91 Å². The molecule has 6 heteroatoms. The average molecular weight is 279 g/mol. The van der Waals surface area contributed by atoms with E-state index in [4.69, 9.17) is 11.5 Å². The molecule has 0 atom stereocenters. The Hall–Kier alpha value is -2.11. The second-order valence-electron chi connectivity index (χ2n) is 5.07. The van der Waals surface area contributed by atoms with Crippen LogP contribution < -0.4 is 11.5 Å². The largest absolute Gasteiger partial charge is 0.398 e. The van der Waals surface area contributed by atoms with Crippen molar-refractivity contribution in [2.24, 2.45) is 5.73 Å². The second kappa shape index (κ2) is 5.90. The number of anilines is 1. The zero-order valence-electron chi connectivity index (χ0n) is 11.1. The Balaban J connectivity index is 2.27. The van der Waals surface area contributed by atoms with Crippen LogP contribution in [0.5, 0.6) is 0 Å². The third kappa shape index (κ3) is 3.07. The molecule has 2 rings (SSSR count). The second-order valence-corrected chi connectivity index (χ2v) is 5.07. The summed E-state index contributed by atoms with van der Waals surface area (Å²) in [7, 11) is 0. The Morgan fingerprint density at radius 3 is 2.50 bits per heavy atom. The van der Waals surface area contributed by atoms with Crippen molar-refractivity contribution in [3.05, 3.63) is 29.6 Å². The Kier molecular flexibility index (Phi) is 4.22. The minimum absolute atomic E-state index is 0.000506. The summed E-state index contributed by atoms with van der Waals surface area (Å²) in [6, 6.07) is 3.63. The third-order valence-electron chi connectivity index (χ3n) is 3.60. The lowest BCUT2D eigenvalue weighted by molar-refractivity contribution is -0.119. The SMILES string of the molecule is NC(=O)CN(C(=O)c1ccc(F)cc1N)C1CCCC1. The molecular weight excluding hydrogens is 261 g/mol. The van der Waals surface area contributed by atoms with Gasteiger partial charge in [-0.2, -0.15) is 0 Å². The third-order valence-corrected chi connectivity index (χ3v) is 3.60. The zero-order valence-corrected chi connectivity index (χ0v) is 11.1. The molecule has 0 unspecified atom stereocenters. The topological polar surface area (TPSA) is 89.4 Å². The smallest absolute Gasteiger partial charge is 0.256 e. The summed E-state index contributed by atoms with van der Waals surface area (Å²) in [6.45, 7) is -0.139. The number of carbonyl (C=O) groups is 2. The van der Waals surface area contributed by atoms with Gasteiger partial charge in [0.15, 0.2) is 0 Å². The first kappa shape index (κ1) is 14.3. The summed E-state index contributed by atoms with van der Waals surface area (Å²) >= 11 is 0. The van der Waals surface area contributed by atoms with Gasteiger partial charge in [0.1, 0.15) is 5.82 Å². The first-order chi connectivity index (χ1) is 9.49. The maximum atomic E-state index is 13.0. The van der Waals surface area contributed by atoms with E-state index >= 15 is 0 Å². The maximum absolute atomic E-state index is 13.0. The van der Waals surface area contributed by atoms with Crippen LogP contribution in [-0.2, 0) is 4.79 Å². The van der Waals surface area contributed by atoms with Crippen molar-refractivity contribution >= 4 is 17.5 Å². The number of nitrogens with zero attached hydrogens (tertiary/aromatic N) is 1. The number of nitrogens with two attached hydrogens (primary N) is 2. The number of halogens is 1. The summed E-state index contributed by atoms with van der Waals surface area (Å²) in [5, 5.41) is 0. The fraction of sp³-hybridized carbons (Fsp3) is 0.429. The number of hydrogen-bond acceptors (Lipinski definition) is 3. The predicted octanol–water partition coefficient (Wildman–Crippen LogP) is 1.28. The summed E-state index contributed by atoms with van der Waals surface area (Å²) in [5.74, 6) is -1.43.